The number of amides is 1. The van der Waals surface area contributed by atoms with Crippen molar-refractivity contribution in [3.8, 4) is 5.75 Å². The Morgan fingerprint density at radius 3 is 2.80 bits per heavy atom. The van der Waals surface area contributed by atoms with Crippen molar-refractivity contribution in [3.63, 3.8) is 0 Å². The van der Waals surface area contributed by atoms with Gasteiger partial charge < -0.3 is 20.1 Å². The maximum absolute atomic E-state index is 12.2. The summed E-state index contributed by atoms with van der Waals surface area (Å²) in [6, 6.07) is 11.9. The molecule has 8 heteroatoms. The third-order valence-corrected chi connectivity index (χ3v) is 4.30. The molecule has 2 aromatic carbocycles. The van der Waals surface area contributed by atoms with Gasteiger partial charge in [-0.15, -0.1) is 0 Å². The summed E-state index contributed by atoms with van der Waals surface area (Å²) >= 11 is 1.26. The Morgan fingerprint density at radius 2 is 2.08 bits per heavy atom. The zero-order valence-electron chi connectivity index (χ0n) is 13.3. The van der Waals surface area contributed by atoms with Gasteiger partial charge in [0.1, 0.15) is 5.75 Å². The number of H-pyrrole nitrogens is 1. The number of carboxylic acids is 1. The second-order valence-electron chi connectivity index (χ2n) is 5.12. The van der Waals surface area contributed by atoms with E-state index in [9.17, 15) is 9.59 Å². The Morgan fingerprint density at radius 1 is 1.28 bits per heavy atom. The predicted molar refractivity (Wildman–Crippen MR) is 95.4 cm³/mol. The summed E-state index contributed by atoms with van der Waals surface area (Å²) in [4.78, 5) is 30.8. The molecular weight excluding hydrogens is 342 g/mol. The van der Waals surface area contributed by atoms with Crippen molar-refractivity contribution < 1.29 is 19.4 Å². The number of para-hydroxylation sites is 2. The number of thioether (sulfide) groups is 1. The number of fused-ring (bicyclic) bond motifs is 1. The number of imidazole rings is 1. The van der Waals surface area contributed by atoms with Gasteiger partial charge in [0.25, 0.3) is 0 Å². The molecule has 0 bridgehead atoms. The van der Waals surface area contributed by atoms with Crippen LogP contribution in [0.25, 0.3) is 11.0 Å². The number of carbonyl (C=O) groups excluding carboxylic acids is 1. The highest BCUT2D eigenvalue weighted by molar-refractivity contribution is 7.99. The fourth-order valence-electron chi connectivity index (χ4n) is 2.26. The normalized spacial score (nSPS) is 10.6. The summed E-state index contributed by atoms with van der Waals surface area (Å²) in [7, 11) is 1.45. The number of hydrogen-bond donors (Lipinski definition) is 3. The van der Waals surface area contributed by atoms with Crippen molar-refractivity contribution in [2.24, 2.45) is 0 Å². The molecule has 0 radical (unpaired) electrons. The number of rotatable bonds is 6. The summed E-state index contributed by atoms with van der Waals surface area (Å²) in [5, 5.41) is 12.4. The van der Waals surface area contributed by atoms with Crippen molar-refractivity contribution in [3.05, 3.63) is 48.0 Å². The van der Waals surface area contributed by atoms with Crippen molar-refractivity contribution in [2.75, 3.05) is 18.2 Å². The van der Waals surface area contributed by atoms with E-state index in [4.69, 9.17) is 9.84 Å². The number of aromatic amines is 1. The van der Waals surface area contributed by atoms with Gasteiger partial charge in [0.05, 0.1) is 35.1 Å². The summed E-state index contributed by atoms with van der Waals surface area (Å²) in [5.74, 6) is -0.839. The largest absolute Gasteiger partial charge is 0.495 e. The van der Waals surface area contributed by atoms with Crippen molar-refractivity contribution in [1.29, 1.82) is 0 Å². The summed E-state index contributed by atoms with van der Waals surface area (Å²) < 4.78 is 5.15. The zero-order valence-corrected chi connectivity index (χ0v) is 14.1. The molecule has 0 saturated heterocycles. The van der Waals surface area contributed by atoms with Gasteiger partial charge in [-0.25, -0.2) is 9.78 Å². The maximum atomic E-state index is 12.2. The molecule has 0 unspecified atom stereocenters. The lowest BCUT2D eigenvalue weighted by molar-refractivity contribution is -0.113. The van der Waals surface area contributed by atoms with Crippen LogP contribution in [0.5, 0.6) is 5.75 Å². The number of carbonyl (C=O) groups is 2. The number of aromatic carboxylic acids is 1. The van der Waals surface area contributed by atoms with E-state index in [1.807, 2.05) is 24.3 Å². The second kappa shape index (κ2) is 7.27. The summed E-state index contributed by atoms with van der Waals surface area (Å²) in [6.07, 6.45) is 0. The summed E-state index contributed by atoms with van der Waals surface area (Å²) in [5.41, 5.74) is 2.13. The zero-order chi connectivity index (χ0) is 17.8. The molecule has 128 valence electrons. The number of hydrogen-bond acceptors (Lipinski definition) is 5. The molecule has 0 saturated carbocycles. The molecule has 25 heavy (non-hydrogen) atoms. The fourth-order valence-corrected chi connectivity index (χ4v) is 2.94. The van der Waals surface area contributed by atoms with Gasteiger partial charge >= 0.3 is 5.97 Å². The van der Waals surface area contributed by atoms with Crippen LogP contribution >= 0.6 is 11.8 Å². The average molecular weight is 357 g/mol. The Hall–Kier alpha value is -3.00. The lowest BCUT2D eigenvalue weighted by atomic mass is 10.2. The molecule has 1 aromatic heterocycles. The van der Waals surface area contributed by atoms with Crippen molar-refractivity contribution in [1.82, 2.24) is 9.97 Å². The smallest absolute Gasteiger partial charge is 0.335 e. The minimum absolute atomic E-state index is 0.0704. The van der Waals surface area contributed by atoms with E-state index in [1.165, 1.54) is 37.1 Å². The van der Waals surface area contributed by atoms with Crippen LogP contribution in [0.15, 0.2) is 47.6 Å². The molecule has 0 spiro atoms. The number of nitrogens with one attached hydrogen (secondary N) is 2. The number of ether oxygens (including phenoxy) is 1. The van der Waals surface area contributed by atoms with Crippen LogP contribution < -0.4 is 10.1 Å². The first-order valence-electron chi connectivity index (χ1n) is 7.35. The van der Waals surface area contributed by atoms with Crippen LogP contribution in [0.1, 0.15) is 10.4 Å². The lowest BCUT2D eigenvalue weighted by Crippen LogP contribution is -2.15. The Bertz CT molecular complexity index is 906. The number of carboxylic acid groups (broad SMARTS) is 1. The second-order valence-corrected chi connectivity index (χ2v) is 6.08. The minimum Gasteiger partial charge on any atom is -0.495 e. The van der Waals surface area contributed by atoms with E-state index in [0.717, 1.165) is 11.0 Å². The monoisotopic (exact) mass is 357 g/mol. The van der Waals surface area contributed by atoms with E-state index < -0.39 is 5.97 Å². The highest BCUT2D eigenvalue weighted by atomic mass is 32.2. The van der Waals surface area contributed by atoms with Crippen LogP contribution in [0.2, 0.25) is 0 Å². The molecule has 0 aliphatic heterocycles. The van der Waals surface area contributed by atoms with Crippen LogP contribution in [0, 0.1) is 0 Å². The first kappa shape index (κ1) is 16.8. The minimum atomic E-state index is -1.07. The Kier molecular flexibility index (Phi) is 4.90. The maximum Gasteiger partial charge on any atom is 0.335 e. The fraction of sp³-hybridized carbons (Fsp3) is 0.118. The van der Waals surface area contributed by atoms with E-state index in [0.29, 0.717) is 16.6 Å². The van der Waals surface area contributed by atoms with E-state index in [2.05, 4.69) is 15.3 Å². The number of aromatic nitrogens is 2. The van der Waals surface area contributed by atoms with E-state index in [-0.39, 0.29) is 17.2 Å². The number of anilines is 1. The van der Waals surface area contributed by atoms with Gasteiger partial charge in [-0.1, -0.05) is 23.9 Å². The number of methoxy groups -OCH3 is 1. The summed E-state index contributed by atoms with van der Waals surface area (Å²) in [6.45, 7) is 0. The topological polar surface area (TPSA) is 104 Å². The predicted octanol–water partition coefficient (Wildman–Crippen LogP) is 3.00. The Balaban J connectivity index is 1.67. The van der Waals surface area contributed by atoms with Gasteiger partial charge in [0, 0.05) is 0 Å². The molecular formula is C17H15N3O4S. The van der Waals surface area contributed by atoms with Crippen LogP contribution in [0.4, 0.5) is 5.69 Å². The molecule has 3 rings (SSSR count). The lowest BCUT2D eigenvalue weighted by Gasteiger charge is -2.10. The van der Waals surface area contributed by atoms with Gasteiger partial charge in [0.15, 0.2) is 5.16 Å². The molecule has 3 N–H and O–H groups in total. The van der Waals surface area contributed by atoms with Crippen LogP contribution in [-0.2, 0) is 4.79 Å². The van der Waals surface area contributed by atoms with Crippen molar-refractivity contribution in [2.45, 2.75) is 5.16 Å². The number of nitrogens with zero attached hydrogens (tertiary/aromatic N) is 1. The molecule has 0 fully saturated rings. The SMILES string of the molecule is COc1ccc(C(=O)O)cc1NC(=O)CSc1nc2ccccc2[nH]1. The highest BCUT2D eigenvalue weighted by Crippen LogP contribution is 2.26. The molecule has 0 aliphatic carbocycles. The first-order valence-corrected chi connectivity index (χ1v) is 8.34. The molecule has 3 aromatic rings. The first-order chi connectivity index (χ1) is 12.1. The van der Waals surface area contributed by atoms with E-state index >= 15 is 0 Å². The van der Waals surface area contributed by atoms with Crippen LogP contribution in [0.3, 0.4) is 0 Å². The van der Waals surface area contributed by atoms with Gasteiger partial charge in [-0.2, -0.15) is 0 Å². The number of benzene rings is 2. The van der Waals surface area contributed by atoms with Gasteiger partial charge in [-0.05, 0) is 30.3 Å². The molecule has 0 atom stereocenters. The van der Waals surface area contributed by atoms with Crippen LogP contribution in [-0.4, -0.2) is 39.8 Å². The van der Waals surface area contributed by atoms with Gasteiger partial charge in [0.2, 0.25) is 5.91 Å². The molecule has 0 aliphatic rings. The molecule has 1 heterocycles. The third kappa shape index (κ3) is 3.92. The van der Waals surface area contributed by atoms with Gasteiger partial charge in [-0.3, -0.25) is 4.79 Å². The standard InChI is InChI=1S/C17H15N3O4S/c1-24-14-7-6-10(16(22)23)8-13(14)18-15(21)9-25-17-19-11-4-2-3-5-12(11)20-17/h2-8H,9H2,1H3,(H,18,21)(H,19,20)(H,22,23). The third-order valence-electron chi connectivity index (χ3n) is 3.43. The van der Waals surface area contributed by atoms with Crippen molar-refractivity contribution >= 4 is 40.4 Å². The molecule has 7 nitrogen and oxygen atoms in total. The quantitative estimate of drug-likeness (QED) is 0.586. The average Bonchev–Trinajstić information content (AvgIpc) is 3.03. The molecule has 1 amide bonds. The Labute approximate surface area is 147 Å². The van der Waals surface area contributed by atoms with E-state index in [1.54, 1.807) is 0 Å². The highest BCUT2D eigenvalue weighted by Gasteiger charge is 2.13.